The number of ether oxygens (including phenoxy) is 1. The number of esters is 1. The number of amides is 3. The van der Waals surface area contributed by atoms with Gasteiger partial charge in [-0.2, -0.15) is 0 Å². The van der Waals surface area contributed by atoms with Gasteiger partial charge in [-0.05, 0) is 24.3 Å². The summed E-state index contributed by atoms with van der Waals surface area (Å²) in [7, 11) is 0. The van der Waals surface area contributed by atoms with E-state index in [2.05, 4.69) is 0 Å². The van der Waals surface area contributed by atoms with Gasteiger partial charge in [-0.15, -0.1) is 0 Å². The molecule has 0 saturated carbocycles. The average molecular weight is 564 g/mol. The van der Waals surface area contributed by atoms with Crippen LogP contribution in [0, 0.1) is 5.92 Å². The minimum atomic E-state index is -0.746. The highest BCUT2D eigenvalue weighted by atomic mass is 35.5. The number of carbonyl (C=O) groups excluding carboxylic acids is 4. The van der Waals surface area contributed by atoms with Gasteiger partial charge in [0, 0.05) is 24.7 Å². The first-order chi connectivity index (χ1) is 17.2. The molecule has 36 heavy (non-hydrogen) atoms. The van der Waals surface area contributed by atoms with Crippen LogP contribution < -0.4 is 14.5 Å². The van der Waals surface area contributed by atoms with E-state index in [-0.39, 0.29) is 61.5 Å². The van der Waals surface area contributed by atoms with E-state index in [4.69, 9.17) is 51.1 Å². The molecule has 0 bridgehead atoms. The predicted molar refractivity (Wildman–Crippen MR) is 137 cm³/mol. The van der Waals surface area contributed by atoms with E-state index >= 15 is 0 Å². The zero-order valence-electron chi connectivity index (χ0n) is 18.1. The number of nitrogens with zero attached hydrogens (tertiary/aromatic N) is 2. The van der Waals surface area contributed by atoms with Crippen molar-refractivity contribution in [3.8, 4) is 5.75 Å². The number of hydrogen-bond donors (Lipinski definition) is 0. The van der Waals surface area contributed by atoms with E-state index in [1.165, 1.54) is 29.2 Å². The highest BCUT2D eigenvalue weighted by molar-refractivity contribution is 6.56. The van der Waals surface area contributed by atoms with Crippen LogP contribution in [0.1, 0.15) is 27.1 Å². The van der Waals surface area contributed by atoms with Gasteiger partial charge in [0.2, 0.25) is 5.91 Å². The lowest BCUT2D eigenvalue weighted by Gasteiger charge is -2.17. The van der Waals surface area contributed by atoms with Crippen LogP contribution in [0.4, 0.5) is 11.4 Å². The molecular weight excluding hydrogens is 550 g/mol. The fourth-order valence-electron chi connectivity index (χ4n) is 4.19. The lowest BCUT2D eigenvalue weighted by Crippen LogP contribution is -2.29. The van der Waals surface area contributed by atoms with E-state index in [9.17, 15) is 19.2 Å². The summed E-state index contributed by atoms with van der Waals surface area (Å²) >= 11 is 24.5. The number of imide groups is 1. The molecule has 1 atom stereocenters. The Hall–Kier alpha value is -3.10. The molecule has 1 saturated heterocycles. The molecule has 0 aliphatic carbocycles. The summed E-state index contributed by atoms with van der Waals surface area (Å²) in [6.45, 7) is 0.179. The largest absolute Gasteiger partial charge is 0.426 e. The van der Waals surface area contributed by atoms with E-state index in [1.54, 1.807) is 24.3 Å². The van der Waals surface area contributed by atoms with Crippen molar-refractivity contribution in [3.05, 3.63) is 85.8 Å². The zero-order chi connectivity index (χ0) is 25.7. The van der Waals surface area contributed by atoms with Gasteiger partial charge >= 0.3 is 5.97 Å². The van der Waals surface area contributed by atoms with Crippen molar-refractivity contribution in [2.75, 3.05) is 16.3 Å². The van der Waals surface area contributed by atoms with Crippen LogP contribution in [0.5, 0.6) is 5.75 Å². The number of fused-ring (bicyclic) bond motifs is 1. The van der Waals surface area contributed by atoms with Gasteiger partial charge in [-0.1, -0.05) is 70.7 Å². The maximum absolute atomic E-state index is 13.1. The Morgan fingerprint density at radius 2 is 1.36 bits per heavy atom. The molecule has 0 radical (unpaired) electrons. The molecule has 11 heteroatoms. The molecule has 3 aromatic carbocycles. The molecule has 3 amide bonds. The van der Waals surface area contributed by atoms with Crippen LogP contribution in [0.3, 0.4) is 0 Å². The van der Waals surface area contributed by atoms with Crippen LogP contribution in [-0.4, -0.2) is 30.2 Å². The summed E-state index contributed by atoms with van der Waals surface area (Å²) in [6, 6.07) is 14.9. The Labute approximate surface area is 225 Å². The summed E-state index contributed by atoms with van der Waals surface area (Å²) < 4.78 is 5.50. The van der Waals surface area contributed by atoms with Gasteiger partial charge < -0.3 is 9.64 Å². The van der Waals surface area contributed by atoms with Crippen LogP contribution in [0.25, 0.3) is 0 Å². The quantitative estimate of drug-likeness (QED) is 0.127. The molecule has 3 aromatic rings. The maximum Gasteiger partial charge on any atom is 0.316 e. The summed E-state index contributed by atoms with van der Waals surface area (Å²) in [6.07, 6.45) is 0.00431. The van der Waals surface area contributed by atoms with Gasteiger partial charge in [0.1, 0.15) is 5.75 Å². The number of para-hydroxylation sites is 1. The monoisotopic (exact) mass is 562 g/mol. The highest BCUT2D eigenvalue weighted by Crippen LogP contribution is 2.46. The predicted octanol–water partition coefficient (Wildman–Crippen LogP) is 6.06. The molecule has 0 N–H and O–H groups in total. The first-order valence-corrected chi connectivity index (χ1v) is 12.1. The van der Waals surface area contributed by atoms with Crippen molar-refractivity contribution in [1.82, 2.24) is 0 Å². The van der Waals surface area contributed by atoms with Gasteiger partial charge in [0.05, 0.1) is 42.8 Å². The lowest BCUT2D eigenvalue weighted by molar-refractivity contribution is -0.139. The third kappa shape index (κ3) is 4.02. The fourth-order valence-corrected chi connectivity index (χ4v) is 5.21. The molecule has 182 valence electrons. The molecule has 0 unspecified atom stereocenters. The van der Waals surface area contributed by atoms with Crippen molar-refractivity contribution in [3.63, 3.8) is 0 Å². The first-order valence-electron chi connectivity index (χ1n) is 10.6. The van der Waals surface area contributed by atoms with Crippen molar-refractivity contribution in [2.45, 2.75) is 6.42 Å². The summed E-state index contributed by atoms with van der Waals surface area (Å²) in [5, 5.41) is -0.636. The van der Waals surface area contributed by atoms with Crippen LogP contribution in [-0.2, 0) is 9.59 Å². The van der Waals surface area contributed by atoms with Crippen molar-refractivity contribution in [1.29, 1.82) is 0 Å². The Kier molecular flexibility index (Phi) is 6.43. The molecule has 0 aromatic heterocycles. The number of halogens is 4. The normalized spacial score (nSPS) is 17.1. The van der Waals surface area contributed by atoms with E-state index in [0.717, 1.165) is 4.90 Å². The second kappa shape index (κ2) is 9.41. The number of anilines is 2. The molecule has 1 fully saturated rings. The lowest BCUT2D eigenvalue weighted by atomic mass is 10.1. The fraction of sp³-hybridized carbons (Fsp3) is 0.120. The summed E-state index contributed by atoms with van der Waals surface area (Å²) in [5.41, 5.74) is 0.505. The Morgan fingerprint density at radius 3 is 1.97 bits per heavy atom. The van der Waals surface area contributed by atoms with Gasteiger partial charge in [-0.25, -0.2) is 4.90 Å². The topological polar surface area (TPSA) is 84.0 Å². The second-order valence-corrected chi connectivity index (χ2v) is 9.62. The van der Waals surface area contributed by atoms with E-state index in [1.807, 2.05) is 6.07 Å². The van der Waals surface area contributed by atoms with E-state index < -0.39 is 23.7 Å². The summed E-state index contributed by atoms with van der Waals surface area (Å²) in [5.74, 6) is -2.87. The standard InChI is InChI=1S/C25H14Cl4N2O5/c26-19-17-18(20(27)22(29)21(19)28)24(34)31(23(17)33)14-7-4-8-15(10-14)36-25(35)12-9-16(32)30(11-12)13-5-2-1-3-6-13/h1-8,10,12H,9,11H2/t12-/m1/s1. The molecule has 2 aliphatic rings. The highest BCUT2D eigenvalue weighted by Gasteiger charge is 2.42. The van der Waals surface area contributed by atoms with E-state index in [0.29, 0.717) is 5.69 Å². The zero-order valence-corrected chi connectivity index (χ0v) is 21.2. The third-order valence-electron chi connectivity index (χ3n) is 5.92. The first kappa shape index (κ1) is 24.6. The molecule has 0 spiro atoms. The molecule has 2 aliphatic heterocycles. The Bertz CT molecular complexity index is 1410. The van der Waals surface area contributed by atoms with Crippen LogP contribution >= 0.6 is 46.4 Å². The summed E-state index contributed by atoms with van der Waals surface area (Å²) in [4.78, 5) is 53.9. The molecular formula is C25H14Cl4N2O5. The van der Waals surface area contributed by atoms with Gasteiger partial charge in [0.15, 0.2) is 0 Å². The minimum Gasteiger partial charge on any atom is -0.426 e. The van der Waals surface area contributed by atoms with Crippen molar-refractivity contribution < 1.29 is 23.9 Å². The molecule has 5 rings (SSSR count). The van der Waals surface area contributed by atoms with Crippen molar-refractivity contribution >= 4 is 81.5 Å². The number of rotatable bonds is 4. The number of hydrogen-bond acceptors (Lipinski definition) is 5. The molecule has 7 nitrogen and oxygen atoms in total. The number of carbonyl (C=O) groups is 4. The van der Waals surface area contributed by atoms with Crippen LogP contribution in [0.15, 0.2) is 54.6 Å². The minimum absolute atomic E-state index is 0.00431. The van der Waals surface area contributed by atoms with Gasteiger partial charge in [-0.3, -0.25) is 19.2 Å². The third-order valence-corrected chi connectivity index (χ3v) is 7.72. The smallest absolute Gasteiger partial charge is 0.316 e. The van der Waals surface area contributed by atoms with Crippen molar-refractivity contribution in [2.24, 2.45) is 5.92 Å². The van der Waals surface area contributed by atoms with Crippen LogP contribution in [0.2, 0.25) is 20.1 Å². The second-order valence-electron chi connectivity index (χ2n) is 8.11. The molecule has 2 heterocycles. The Morgan fingerprint density at radius 1 is 0.778 bits per heavy atom. The Balaban J connectivity index is 1.37. The van der Waals surface area contributed by atoms with Gasteiger partial charge in [0.25, 0.3) is 11.8 Å². The average Bonchev–Trinajstić information content (AvgIpc) is 3.39. The SMILES string of the molecule is O=C(Oc1cccc(N2C(=O)c3c(Cl)c(Cl)c(Cl)c(Cl)c3C2=O)c1)[C@@H]1CC(=O)N(c2ccccc2)C1. The number of benzene rings is 3. The maximum atomic E-state index is 13.1.